The fourth-order valence-electron chi connectivity index (χ4n) is 1.26. The molecule has 0 fully saturated rings. The predicted octanol–water partition coefficient (Wildman–Crippen LogP) is 3.25. The molecule has 0 aliphatic rings. The van der Waals surface area contributed by atoms with Crippen molar-refractivity contribution in [1.82, 2.24) is 4.98 Å². The summed E-state index contributed by atoms with van der Waals surface area (Å²) in [4.78, 5) is 3.97. The monoisotopic (exact) mass is 223 g/mol. The highest BCUT2D eigenvalue weighted by Gasteiger charge is 2.06. The van der Waals surface area contributed by atoms with Crippen molar-refractivity contribution in [3.63, 3.8) is 0 Å². The Morgan fingerprint density at radius 3 is 2.47 bits per heavy atom. The summed E-state index contributed by atoms with van der Waals surface area (Å²) in [5.41, 5.74) is 1.03. The topological polar surface area (TPSA) is 33.1 Å². The van der Waals surface area contributed by atoms with Crippen molar-refractivity contribution < 1.29 is 9.50 Å². The van der Waals surface area contributed by atoms with Gasteiger partial charge in [-0.15, -0.1) is 0 Å². The molecule has 0 aliphatic heterocycles. The van der Waals surface area contributed by atoms with E-state index < -0.39 is 0 Å². The summed E-state index contributed by atoms with van der Waals surface area (Å²) in [7, 11) is 0. The summed E-state index contributed by atoms with van der Waals surface area (Å²) >= 11 is 5.65. The number of aromatic hydroxyl groups is 1. The van der Waals surface area contributed by atoms with Crippen LogP contribution >= 0.6 is 11.6 Å². The lowest BCUT2D eigenvalue weighted by Crippen LogP contribution is -1.84. The summed E-state index contributed by atoms with van der Waals surface area (Å²) in [6.45, 7) is 0. The molecule has 76 valence electrons. The second kappa shape index (κ2) is 3.87. The Morgan fingerprint density at radius 2 is 1.87 bits per heavy atom. The molecule has 15 heavy (non-hydrogen) atoms. The number of pyridine rings is 1. The van der Waals surface area contributed by atoms with E-state index in [1.165, 1.54) is 24.4 Å². The first-order valence-corrected chi connectivity index (χ1v) is 4.65. The Balaban J connectivity index is 2.49. The van der Waals surface area contributed by atoms with Crippen molar-refractivity contribution in [2.24, 2.45) is 0 Å². The molecule has 1 N–H and O–H groups in total. The molecule has 0 saturated heterocycles. The molecule has 1 aromatic heterocycles. The predicted molar refractivity (Wildman–Crippen MR) is 56.3 cm³/mol. The number of halogens is 2. The van der Waals surface area contributed by atoms with Crippen LogP contribution in [0, 0.1) is 5.82 Å². The van der Waals surface area contributed by atoms with E-state index in [4.69, 9.17) is 11.6 Å². The molecule has 0 saturated carbocycles. The standard InChI is InChI=1S/C11H7ClFNO/c12-8-5-10(15)11(14-6-8)7-1-3-9(13)4-2-7/h1-6,15H. The van der Waals surface area contributed by atoms with Crippen LogP contribution in [0.4, 0.5) is 4.39 Å². The molecule has 0 radical (unpaired) electrons. The van der Waals surface area contributed by atoms with E-state index in [0.717, 1.165) is 0 Å². The molecule has 0 unspecified atom stereocenters. The van der Waals surface area contributed by atoms with Crippen LogP contribution in [0.15, 0.2) is 36.5 Å². The van der Waals surface area contributed by atoms with Gasteiger partial charge in [0.2, 0.25) is 0 Å². The summed E-state index contributed by atoms with van der Waals surface area (Å²) in [5.74, 6) is -0.346. The zero-order valence-electron chi connectivity index (χ0n) is 7.61. The third-order valence-corrected chi connectivity index (χ3v) is 2.16. The first-order chi connectivity index (χ1) is 7.16. The van der Waals surface area contributed by atoms with Gasteiger partial charge in [0.15, 0.2) is 0 Å². The molecule has 0 aliphatic carbocycles. The molecule has 1 aromatic carbocycles. The highest BCUT2D eigenvalue weighted by molar-refractivity contribution is 6.30. The average molecular weight is 224 g/mol. The molecule has 0 atom stereocenters. The van der Waals surface area contributed by atoms with Crippen LogP contribution in [0.1, 0.15) is 0 Å². The third-order valence-electron chi connectivity index (χ3n) is 1.95. The van der Waals surface area contributed by atoms with E-state index in [-0.39, 0.29) is 11.6 Å². The van der Waals surface area contributed by atoms with Crippen molar-refractivity contribution in [1.29, 1.82) is 0 Å². The molecule has 0 amide bonds. The number of benzene rings is 1. The molecular formula is C11H7ClFNO. The number of nitrogens with zero attached hydrogens (tertiary/aromatic N) is 1. The van der Waals surface area contributed by atoms with E-state index in [1.54, 1.807) is 12.1 Å². The number of hydrogen-bond acceptors (Lipinski definition) is 2. The Morgan fingerprint density at radius 1 is 1.20 bits per heavy atom. The van der Waals surface area contributed by atoms with Crippen molar-refractivity contribution in [2.45, 2.75) is 0 Å². The number of rotatable bonds is 1. The quantitative estimate of drug-likeness (QED) is 0.805. The van der Waals surface area contributed by atoms with Crippen LogP contribution in [0.5, 0.6) is 5.75 Å². The van der Waals surface area contributed by atoms with Gasteiger partial charge in [0.05, 0.1) is 5.02 Å². The van der Waals surface area contributed by atoms with Crippen LogP contribution < -0.4 is 0 Å². The van der Waals surface area contributed by atoms with Gasteiger partial charge in [0.25, 0.3) is 0 Å². The van der Waals surface area contributed by atoms with E-state index >= 15 is 0 Å². The van der Waals surface area contributed by atoms with Crippen LogP contribution in [-0.4, -0.2) is 10.1 Å². The third kappa shape index (κ3) is 2.07. The molecular weight excluding hydrogens is 217 g/mol. The van der Waals surface area contributed by atoms with E-state index in [9.17, 15) is 9.50 Å². The maximum absolute atomic E-state index is 12.7. The minimum absolute atomic E-state index is 0.0193. The summed E-state index contributed by atoms with van der Waals surface area (Å²) in [5, 5.41) is 9.93. The normalized spacial score (nSPS) is 10.3. The van der Waals surface area contributed by atoms with Crippen molar-refractivity contribution >= 4 is 11.6 Å². The van der Waals surface area contributed by atoms with Gasteiger partial charge < -0.3 is 5.11 Å². The molecule has 1 heterocycles. The number of aromatic nitrogens is 1. The Labute approximate surface area is 91.0 Å². The average Bonchev–Trinajstić information content (AvgIpc) is 2.20. The SMILES string of the molecule is Oc1cc(Cl)cnc1-c1ccc(F)cc1. The highest BCUT2D eigenvalue weighted by Crippen LogP contribution is 2.28. The van der Waals surface area contributed by atoms with Gasteiger partial charge in [-0.2, -0.15) is 0 Å². The minimum atomic E-state index is -0.327. The largest absolute Gasteiger partial charge is 0.506 e. The Kier molecular flexibility index (Phi) is 2.56. The minimum Gasteiger partial charge on any atom is -0.506 e. The summed E-state index contributed by atoms with van der Waals surface area (Å²) < 4.78 is 12.7. The van der Waals surface area contributed by atoms with Crippen LogP contribution in [0.3, 0.4) is 0 Å². The van der Waals surface area contributed by atoms with Crippen molar-refractivity contribution in [3.05, 3.63) is 47.4 Å². The summed E-state index contributed by atoms with van der Waals surface area (Å²) in [6.07, 6.45) is 1.43. The van der Waals surface area contributed by atoms with Crippen LogP contribution in [0.2, 0.25) is 5.02 Å². The maximum Gasteiger partial charge on any atom is 0.143 e. The summed E-state index contributed by atoms with van der Waals surface area (Å²) in [6, 6.07) is 7.11. The highest BCUT2D eigenvalue weighted by atomic mass is 35.5. The second-order valence-corrected chi connectivity index (χ2v) is 3.46. The van der Waals surface area contributed by atoms with E-state index in [1.807, 2.05) is 0 Å². The number of hydrogen-bond donors (Lipinski definition) is 1. The first kappa shape index (κ1) is 9.93. The van der Waals surface area contributed by atoms with Gasteiger partial charge in [-0.05, 0) is 24.3 Å². The molecule has 0 spiro atoms. The Bertz CT molecular complexity index is 484. The zero-order valence-corrected chi connectivity index (χ0v) is 8.37. The van der Waals surface area contributed by atoms with Crippen molar-refractivity contribution in [2.75, 3.05) is 0 Å². The fraction of sp³-hybridized carbons (Fsp3) is 0. The van der Waals surface area contributed by atoms with Crippen LogP contribution in [0.25, 0.3) is 11.3 Å². The van der Waals surface area contributed by atoms with Gasteiger partial charge in [0, 0.05) is 17.8 Å². The fourth-order valence-corrected chi connectivity index (χ4v) is 1.41. The first-order valence-electron chi connectivity index (χ1n) is 4.27. The van der Waals surface area contributed by atoms with E-state index in [2.05, 4.69) is 4.98 Å². The molecule has 0 bridgehead atoms. The lowest BCUT2D eigenvalue weighted by Gasteiger charge is -2.03. The van der Waals surface area contributed by atoms with Gasteiger partial charge in [-0.3, -0.25) is 4.98 Å². The Hall–Kier alpha value is -1.61. The van der Waals surface area contributed by atoms with E-state index in [0.29, 0.717) is 16.3 Å². The molecule has 2 nitrogen and oxygen atoms in total. The van der Waals surface area contributed by atoms with Crippen LogP contribution in [-0.2, 0) is 0 Å². The molecule has 4 heteroatoms. The van der Waals surface area contributed by atoms with Gasteiger partial charge in [-0.25, -0.2) is 4.39 Å². The zero-order chi connectivity index (χ0) is 10.8. The molecule has 2 rings (SSSR count). The maximum atomic E-state index is 12.7. The van der Waals surface area contributed by atoms with Crippen molar-refractivity contribution in [3.8, 4) is 17.0 Å². The van der Waals surface area contributed by atoms with Gasteiger partial charge >= 0.3 is 0 Å². The van der Waals surface area contributed by atoms with Gasteiger partial charge in [-0.1, -0.05) is 11.6 Å². The second-order valence-electron chi connectivity index (χ2n) is 3.03. The smallest absolute Gasteiger partial charge is 0.143 e. The molecule has 2 aromatic rings. The van der Waals surface area contributed by atoms with Gasteiger partial charge in [0.1, 0.15) is 17.3 Å². The lowest BCUT2D eigenvalue weighted by molar-refractivity contribution is 0.475. The lowest BCUT2D eigenvalue weighted by atomic mass is 10.1.